The molecule has 0 aliphatic rings. The molecule has 1 amide bonds. The Morgan fingerprint density at radius 2 is 2.16 bits per heavy atom. The summed E-state index contributed by atoms with van der Waals surface area (Å²) in [5, 5.41) is 16.7. The number of H-pyrrole nitrogens is 1. The molecule has 6 nitrogen and oxygen atoms in total. The number of amides is 1. The lowest BCUT2D eigenvalue weighted by Gasteiger charge is -2.13. The number of nitrogens with zero attached hydrogens (tertiary/aromatic N) is 3. The lowest BCUT2D eigenvalue weighted by Crippen LogP contribution is -2.21. The van der Waals surface area contributed by atoms with E-state index in [4.69, 9.17) is 0 Å². The Hall–Kier alpha value is -2.24. The third-order valence-electron chi connectivity index (χ3n) is 3.09. The Kier molecular flexibility index (Phi) is 4.22. The minimum atomic E-state index is 0.0498. The van der Waals surface area contributed by atoms with Gasteiger partial charge in [-0.15, -0.1) is 10.2 Å². The van der Waals surface area contributed by atoms with E-state index < -0.39 is 0 Å². The maximum Gasteiger partial charge on any atom is 0.227 e. The van der Waals surface area contributed by atoms with Gasteiger partial charge in [0.15, 0.2) is 0 Å². The molecule has 0 radical (unpaired) electrons. The summed E-state index contributed by atoms with van der Waals surface area (Å²) in [5.41, 5.74) is 1.57. The highest BCUT2D eigenvalue weighted by Crippen LogP contribution is 2.19. The Morgan fingerprint density at radius 3 is 2.79 bits per heavy atom. The summed E-state index contributed by atoms with van der Waals surface area (Å²) in [5.74, 6) is 0.614. The van der Waals surface area contributed by atoms with Gasteiger partial charge in [-0.2, -0.15) is 5.21 Å². The molecule has 1 heterocycles. The summed E-state index contributed by atoms with van der Waals surface area (Å²) >= 11 is 0. The number of carbonyl (C=O) groups excluding carboxylic acids is 1. The first-order valence-corrected chi connectivity index (χ1v) is 6.39. The maximum absolute atomic E-state index is 12.0. The second-order valence-corrected chi connectivity index (χ2v) is 4.32. The smallest absolute Gasteiger partial charge is 0.227 e. The second-order valence-electron chi connectivity index (χ2n) is 4.32. The quantitative estimate of drug-likeness (QED) is 0.862. The molecule has 0 unspecified atom stereocenters. The topological polar surface area (TPSA) is 83.6 Å². The molecule has 0 atom stereocenters. The zero-order valence-electron chi connectivity index (χ0n) is 11.1. The van der Waals surface area contributed by atoms with Crippen LogP contribution in [-0.2, 0) is 4.79 Å². The summed E-state index contributed by atoms with van der Waals surface area (Å²) in [6, 6.07) is 7.42. The molecule has 0 aliphatic carbocycles. The summed E-state index contributed by atoms with van der Waals surface area (Å²) in [4.78, 5) is 12.0. The molecule has 2 rings (SSSR count). The lowest BCUT2D eigenvalue weighted by atomic mass is 10.0. The zero-order valence-corrected chi connectivity index (χ0v) is 11.1. The largest absolute Gasteiger partial charge is 0.326 e. The predicted octanol–water partition coefficient (Wildman–Crippen LogP) is 2.24. The van der Waals surface area contributed by atoms with Crippen molar-refractivity contribution in [1.29, 1.82) is 0 Å². The van der Waals surface area contributed by atoms with E-state index in [0.29, 0.717) is 5.82 Å². The number of aromatic amines is 1. The van der Waals surface area contributed by atoms with Crippen molar-refractivity contribution < 1.29 is 4.79 Å². The number of anilines is 1. The van der Waals surface area contributed by atoms with E-state index in [1.807, 2.05) is 38.1 Å². The van der Waals surface area contributed by atoms with E-state index in [0.717, 1.165) is 24.1 Å². The molecule has 2 aromatic rings. The van der Waals surface area contributed by atoms with Crippen molar-refractivity contribution >= 4 is 11.6 Å². The van der Waals surface area contributed by atoms with E-state index in [1.165, 1.54) is 0 Å². The molecule has 6 heteroatoms. The zero-order chi connectivity index (χ0) is 13.7. The van der Waals surface area contributed by atoms with Crippen molar-refractivity contribution in [2.75, 3.05) is 5.32 Å². The van der Waals surface area contributed by atoms with E-state index in [-0.39, 0.29) is 11.8 Å². The van der Waals surface area contributed by atoms with Crippen LogP contribution in [0.15, 0.2) is 24.3 Å². The third kappa shape index (κ3) is 3.15. The number of rotatable bonds is 5. The van der Waals surface area contributed by atoms with Crippen LogP contribution in [0.2, 0.25) is 0 Å². The van der Waals surface area contributed by atoms with Crippen LogP contribution in [0, 0.1) is 5.92 Å². The van der Waals surface area contributed by atoms with E-state index in [9.17, 15) is 4.79 Å². The SMILES string of the molecule is CCC(CC)C(=O)Nc1cccc(-c2nn[nH]n2)c1. The van der Waals surface area contributed by atoms with E-state index in [2.05, 4.69) is 25.9 Å². The van der Waals surface area contributed by atoms with Crippen molar-refractivity contribution in [3.8, 4) is 11.4 Å². The second kappa shape index (κ2) is 6.08. The maximum atomic E-state index is 12.0. The van der Waals surface area contributed by atoms with Gasteiger partial charge in [0.2, 0.25) is 11.7 Å². The standard InChI is InChI=1S/C13H17N5O/c1-3-9(4-2)13(19)14-11-7-5-6-10(8-11)12-15-17-18-16-12/h5-9H,3-4H2,1-2H3,(H,14,19)(H,15,16,17,18). The Bertz CT molecular complexity index is 534. The third-order valence-corrected chi connectivity index (χ3v) is 3.09. The first-order valence-electron chi connectivity index (χ1n) is 6.39. The molecule has 2 N–H and O–H groups in total. The average molecular weight is 259 g/mol. The summed E-state index contributed by atoms with van der Waals surface area (Å²) < 4.78 is 0. The van der Waals surface area contributed by atoms with E-state index in [1.54, 1.807) is 0 Å². The Balaban J connectivity index is 2.14. The number of benzene rings is 1. The molecule has 1 aromatic carbocycles. The first kappa shape index (κ1) is 13.2. The molecular formula is C13H17N5O. The molecule has 0 fully saturated rings. The Morgan fingerprint density at radius 1 is 1.37 bits per heavy atom. The van der Waals surface area contributed by atoms with Crippen LogP contribution in [-0.4, -0.2) is 26.5 Å². The van der Waals surface area contributed by atoms with Crippen molar-refractivity contribution in [3.63, 3.8) is 0 Å². The van der Waals surface area contributed by atoms with Gasteiger partial charge in [-0.1, -0.05) is 26.0 Å². The van der Waals surface area contributed by atoms with Crippen molar-refractivity contribution in [2.45, 2.75) is 26.7 Å². The van der Waals surface area contributed by atoms with Crippen LogP contribution in [0.1, 0.15) is 26.7 Å². The van der Waals surface area contributed by atoms with Gasteiger partial charge in [-0.05, 0) is 30.2 Å². The normalized spacial score (nSPS) is 10.7. The van der Waals surface area contributed by atoms with Crippen molar-refractivity contribution in [1.82, 2.24) is 20.6 Å². The molecule has 0 aliphatic heterocycles. The predicted molar refractivity (Wildman–Crippen MR) is 72.3 cm³/mol. The van der Waals surface area contributed by atoms with Crippen LogP contribution in [0.5, 0.6) is 0 Å². The van der Waals surface area contributed by atoms with Gasteiger partial charge in [0.25, 0.3) is 0 Å². The minimum Gasteiger partial charge on any atom is -0.326 e. The molecular weight excluding hydrogens is 242 g/mol. The highest BCUT2D eigenvalue weighted by Gasteiger charge is 2.14. The van der Waals surface area contributed by atoms with Crippen LogP contribution < -0.4 is 5.32 Å². The number of hydrogen-bond acceptors (Lipinski definition) is 4. The summed E-state index contributed by atoms with van der Waals surface area (Å²) in [6.45, 7) is 4.03. The minimum absolute atomic E-state index is 0.0498. The lowest BCUT2D eigenvalue weighted by molar-refractivity contribution is -0.120. The molecule has 0 bridgehead atoms. The molecule has 19 heavy (non-hydrogen) atoms. The van der Waals surface area contributed by atoms with Crippen molar-refractivity contribution in [3.05, 3.63) is 24.3 Å². The number of carbonyl (C=O) groups is 1. The highest BCUT2D eigenvalue weighted by atomic mass is 16.1. The van der Waals surface area contributed by atoms with Gasteiger partial charge in [0, 0.05) is 17.2 Å². The van der Waals surface area contributed by atoms with Crippen LogP contribution >= 0.6 is 0 Å². The van der Waals surface area contributed by atoms with Crippen LogP contribution in [0.25, 0.3) is 11.4 Å². The number of nitrogens with one attached hydrogen (secondary N) is 2. The number of hydrogen-bond donors (Lipinski definition) is 2. The van der Waals surface area contributed by atoms with Crippen molar-refractivity contribution in [2.24, 2.45) is 5.92 Å². The van der Waals surface area contributed by atoms with Gasteiger partial charge in [-0.3, -0.25) is 4.79 Å². The summed E-state index contributed by atoms with van der Waals surface area (Å²) in [7, 11) is 0. The van der Waals surface area contributed by atoms with Gasteiger partial charge < -0.3 is 5.32 Å². The molecule has 0 spiro atoms. The first-order chi connectivity index (χ1) is 9.24. The average Bonchev–Trinajstić information content (AvgIpc) is 2.94. The molecule has 100 valence electrons. The fraction of sp³-hybridized carbons (Fsp3) is 0.385. The van der Waals surface area contributed by atoms with E-state index >= 15 is 0 Å². The van der Waals surface area contributed by atoms with Crippen LogP contribution in [0.3, 0.4) is 0 Å². The fourth-order valence-electron chi connectivity index (χ4n) is 1.92. The van der Waals surface area contributed by atoms with Gasteiger partial charge >= 0.3 is 0 Å². The van der Waals surface area contributed by atoms with Gasteiger partial charge in [0.1, 0.15) is 0 Å². The number of aromatic nitrogens is 4. The fourth-order valence-corrected chi connectivity index (χ4v) is 1.92. The van der Waals surface area contributed by atoms with Gasteiger partial charge in [-0.25, -0.2) is 0 Å². The molecule has 0 saturated carbocycles. The number of tetrazole rings is 1. The van der Waals surface area contributed by atoms with Crippen LogP contribution in [0.4, 0.5) is 5.69 Å². The Labute approximate surface area is 111 Å². The van der Waals surface area contributed by atoms with Gasteiger partial charge in [0.05, 0.1) is 0 Å². The summed E-state index contributed by atoms with van der Waals surface area (Å²) in [6.07, 6.45) is 1.68. The highest BCUT2D eigenvalue weighted by molar-refractivity contribution is 5.93. The molecule has 1 aromatic heterocycles. The molecule has 0 saturated heterocycles. The monoisotopic (exact) mass is 259 g/mol.